The van der Waals surface area contributed by atoms with E-state index in [1.54, 1.807) is 0 Å². The van der Waals surface area contributed by atoms with E-state index < -0.39 is 0 Å². The summed E-state index contributed by atoms with van der Waals surface area (Å²) in [5, 5.41) is 5.93. The Morgan fingerprint density at radius 2 is 1.71 bits per heavy atom. The molecule has 6 heteroatoms. The molecule has 0 radical (unpaired) electrons. The topological polar surface area (TPSA) is 86.9 Å². The molecule has 2 aromatic rings. The van der Waals surface area contributed by atoms with Gasteiger partial charge < -0.3 is 10.3 Å². The second-order valence-electron chi connectivity index (χ2n) is 7.61. The first-order valence-corrected chi connectivity index (χ1v) is 10.1. The van der Waals surface area contributed by atoms with E-state index in [1.807, 2.05) is 18.2 Å². The summed E-state index contributed by atoms with van der Waals surface area (Å²) >= 11 is 0. The van der Waals surface area contributed by atoms with E-state index >= 15 is 0 Å². The maximum Gasteiger partial charge on any atom is 0.230 e. The van der Waals surface area contributed by atoms with Crippen LogP contribution in [0.5, 0.6) is 0 Å². The number of amides is 2. The van der Waals surface area contributed by atoms with Gasteiger partial charge in [0, 0.05) is 18.4 Å². The Balaban J connectivity index is 1.37. The number of H-pyrrole nitrogens is 1. The molecule has 2 amide bonds. The first-order valence-electron chi connectivity index (χ1n) is 10.1. The molecule has 0 aliphatic heterocycles. The predicted octanol–water partition coefficient (Wildman–Crippen LogP) is 3.83. The van der Waals surface area contributed by atoms with Gasteiger partial charge in [-0.25, -0.2) is 4.98 Å². The number of nitrogens with zero attached hydrogens (tertiary/aromatic N) is 1. The summed E-state index contributed by atoms with van der Waals surface area (Å²) in [5.74, 6) is 0.696. The van der Waals surface area contributed by atoms with Gasteiger partial charge in [-0.1, -0.05) is 30.4 Å². The largest absolute Gasteiger partial charge is 0.352 e. The van der Waals surface area contributed by atoms with Crippen LogP contribution in [0.15, 0.2) is 42.5 Å². The Morgan fingerprint density at radius 3 is 2.39 bits per heavy atom. The third kappa shape index (κ3) is 4.32. The number of hydrogen-bond acceptors (Lipinski definition) is 3. The van der Waals surface area contributed by atoms with Crippen molar-refractivity contribution in [3.05, 3.63) is 48.1 Å². The van der Waals surface area contributed by atoms with Crippen molar-refractivity contribution in [3.8, 4) is 0 Å². The van der Waals surface area contributed by atoms with Gasteiger partial charge in [0.05, 0.1) is 11.0 Å². The third-order valence-electron chi connectivity index (χ3n) is 5.53. The van der Waals surface area contributed by atoms with Crippen LogP contribution in [0, 0.1) is 11.8 Å². The van der Waals surface area contributed by atoms with Gasteiger partial charge in [0.2, 0.25) is 17.8 Å². The summed E-state index contributed by atoms with van der Waals surface area (Å²) < 4.78 is 0. The van der Waals surface area contributed by atoms with Crippen LogP contribution < -0.4 is 10.6 Å². The lowest BCUT2D eigenvalue weighted by atomic mass is 9.93. The van der Waals surface area contributed by atoms with E-state index in [0.717, 1.165) is 55.1 Å². The molecule has 0 spiro atoms. The number of carbonyl (C=O) groups is 2. The molecule has 1 aromatic heterocycles. The second kappa shape index (κ2) is 8.42. The summed E-state index contributed by atoms with van der Waals surface area (Å²) in [4.78, 5) is 32.3. The van der Waals surface area contributed by atoms with Crippen LogP contribution in [0.2, 0.25) is 0 Å². The summed E-state index contributed by atoms with van der Waals surface area (Å²) in [7, 11) is 0. The first kappa shape index (κ1) is 18.5. The number of aromatic nitrogens is 2. The molecule has 28 heavy (non-hydrogen) atoms. The van der Waals surface area contributed by atoms with Gasteiger partial charge in [-0.05, 0) is 56.2 Å². The van der Waals surface area contributed by atoms with Crippen LogP contribution in [0.1, 0.15) is 44.1 Å². The molecule has 146 valence electrons. The lowest BCUT2D eigenvalue weighted by molar-refractivity contribution is -0.125. The van der Waals surface area contributed by atoms with E-state index in [1.165, 1.54) is 0 Å². The summed E-state index contributed by atoms with van der Waals surface area (Å²) in [6, 6.07) is 5.85. The maximum atomic E-state index is 12.4. The SMILES string of the molecule is O=C(NCc1ccc2nc(NC(=O)[C@@H]3CC=CCC3)[nH]c2c1)[C@H]1CC=CCC1. The lowest BCUT2D eigenvalue weighted by Crippen LogP contribution is -2.30. The fourth-order valence-electron chi connectivity index (χ4n) is 3.84. The Kier molecular flexibility index (Phi) is 5.55. The van der Waals surface area contributed by atoms with Gasteiger partial charge in [-0.2, -0.15) is 0 Å². The molecule has 4 rings (SSSR count). The van der Waals surface area contributed by atoms with Crippen molar-refractivity contribution in [2.24, 2.45) is 11.8 Å². The predicted molar refractivity (Wildman–Crippen MR) is 110 cm³/mol. The fraction of sp³-hybridized carbons (Fsp3) is 0.409. The van der Waals surface area contributed by atoms with Gasteiger partial charge in [0.1, 0.15) is 0 Å². The highest BCUT2D eigenvalue weighted by atomic mass is 16.2. The molecule has 0 unspecified atom stereocenters. The molecule has 1 heterocycles. The molecule has 1 aromatic carbocycles. The van der Waals surface area contributed by atoms with Gasteiger partial charge in [-0.15, -0.1) is 0 Å². The lowest BCUT2D eigenvalue weighted by Gasteiger charge is -2.17. The molecule has 2 aliphatic rings. The van der Waals surface area contributed by atoms with Crippen molar-refractivity contribution in [2.45, 2.75) is 45.1 Å². The van der Waals surface area contributed by atoms with Gasteiger partial charge in [0.25, 0.3) is 0 Å². The van der Waals surface area contributed by atoms with E-state index in [2.05, 4.69) is 44.9 Å². The zero-order valence-electron chi connectivity index (χ0n) is 15.9. The molecular formula is C22H26N4O2. The van der Waals surface area contributed by atoms with Gasteiger partial charge in [0.15, 0.2) is 0 Å². The minimum absolute atomic E-state index is 0.0115. The zero-order chi connectivity index (χ0) is 19.3. The number of allylic oxidation sites excluding steroid dienone is 4. The summed E-state index contributed by atoms with van der Waals surface area (Å²) in [6.07, 6.45) is 13.7. The number of aromatic amines is 1. The van der Waals surface area contributed by atoms with Crippen LogP contribution in [0.3, 0.4) is 0 Å². The second-order valence-corrected chi connectivity index (χ2v) is 7.61. The molecule has 0 bridgehead atoms. The Bertz CT molecular complexity index is 928. The van der Waals surface area contributed by atoms with Crippen molar-refractivity contribution >= 4 is 28.8 Å². The fourth-order valence-corrected chi connectivity index (χ4v) is 3.84. The van der Waals surface area contributed by atoms with Crippen molar-refractivity contribution < 1.29 is 9.59 Å². The molecule has 2 atom stereocenters. The quantitative estimate of drug-likeness (QED) is 0.691. The van der Waals surface area contributed by atoms with E-state index in [9.17, 15) is 9.59 Å². The number of carbonyl (C=O) groups excluding carboxylic acids is 2. The van der Waals surface area contributed by atoms with Crippen LogP contribution in [-0.2, 0) is 16.1 Å². The molecule has 0 saturated carbocycles. The molecule has 6 nitrogen and oxygen atoms in total. The minimum atomic E-state index is 0.0115. The Hall–Kier alpha value is -2.89. The van der Waals surface area contributed by atoms with Crippen LogP contribution in [-0.4, -0.2) is 21.8 Å². The highest BCUT2D eigenvalue weighted by Gasteiger charge is 2.20. The number of benzene rings is 1. The molecule has 2 aliphatic carbocycles. The normalized spacial score (nSPS) is 21.6. The Labute approximate surface area is 164 Å². The smallest absolute Gasteiger partial charge is 0.230 e. The summed E-state index contributed by atoms with van der Waals surface area (Å²) in [5.41, 5.74) is 2.66. The monoisotopic (exact) mass is 378 g/mol. The number of imidazole rings is 1. The number of fused-ring (bicyclic) bond motifs is 1. The minimum Gasteiger partial charge on any atom is -0.352 e. The van der Waals surface area contributed by atoms with Crippen molar-refractivity contribution in [1.82, 2.24) is 15.3 Å². The number of hydrogen-bond donors (Lipinski definition) is 3. The van der Waals surface area contributed by atoms with E-state index in [4.69, 9.17) is 0 Å². The molecule has 0 saturated heterocycles. The van der Waals surface area contributed by atoms with Crippen molar-refractivity contribution in [2.75, 3.05) is 5.32 Å². The molecule has 3 N–H and O–H groups in total. The zero-order valence-corrected chi connectivity index (χ0v) is 15.9. The average molecular weight is 378 g/mol. The van der Waals surface area contributed by atoms with Gasteiger partial charge >= 0.3 is 0 Å². The van der Waals surface area contributed by atoms with Gasteiger partial charge in [-0.3, -0.25) is 14.9 Å². The first-order chi connectivity index (χ1) is 13.7. The summed E-state index contributed by atoms with van der Waals surface area (Å²) in [6.45, 7) is 0.490. The molecule has 0 fully saturated rings. The van der Waals surface area contributed by atoms with Crippen molar-refractivity contribution in [3.63, 3.8) is 0 Å². The van der Waals surface area contributed by atoms with E-state index in [0.29, 0.717) is 12.5 Å². The van der Waals surface area contributed by atoms with E-state index in [-0.39, 0.29) is 23.7 Å². The highest BCUT2D eigenvalue weighted by molar-refractivity contribution is 5.93. The average Bonchev–Trinajstić information content (AvgIpc) is 3.14. The Morgan fingerprint density at radius 1 is 1.00 bits per heavy atom. The standard InChI is InChI=1S/C22H26N4O2/c27-20(16-7-3-1-4-8-16)23-14-15-11-12-18-19(13-15)25-22(24-18)26-21(28)17-9-5-2-6-10-17/h1-3,5,11-13,16-17H,4,6-10,14H2,(H,23,27)(H2,24,25,26,28)/t16-,17+/m0/s1. The van der Waals surface area contributed by atoms with Crippen LogP contribution in [0.25, 0.3) is 11.0 Å². The maximum absolute atomic E-state index is 12.4. The highest BCUT2D eigenvalue weighted by Crippen LogP contribution is 2.22. The van der Waals surface area contributed by atoms with Crippen LogP contribution >= 0.6 is 0 Å². The number of rotatable bonds is 5. The van der Waals surface area contributed by atoms with Crippen molar-refractivity contribution in [1.29, 1.82) is 0 Å². The van der Waals surface area contributed by atoms with Crippen LogP contribution in [0.4, 0.5) is 5.95 Å². The third-order valence-corrected chi connectivity index (χ3v) is 5.53. The molecular weight excluding hydrogens is 352 g/mol. The number of nitrogens with one attached hydrogen (secondary N) is 3. The number of anilines is 1.